The lowest BCUT2D eigenvalue weighted by molar-refractivity contribution is -0.141. The van der Waals surface area contributed by atoms with Crippen LogP contribution < -0.4 is 10.1 Å². The van der Waals surface area contributed by atoms with Crippen molar-refractivity contribution in [3.63, 3.8) is 0 Å². The molecule has 0 bridgehead atoms. The number of aromatic amines is 1. The number of nitrogens with one attached hydrogen (secondary N) is 2. The molecule has 1 aliphatic carbocycles. The van der Waals surface area contributed by atoms with E-state index in [-0.39, 0.29) is 53.1 Å². The summed E-state index contributed by atoms with van der Waals surface area (Å²) in [6, 6.07) is 2.31. The highest BCUT2D eigenvalue weighted by Crippen LogP contribution is 2.40. The summed E-state index contributed by atoms with van der Waals surface area (Å²) in [5, 5.41) is 12.2. The van der Waals surface area contributed by atoms with Crippen molar-refractivity contribution in [1.82, 2.24) is 25.2 Å². The molecule has 1 saturated carbocycles. The van der Waals surface area contributed by atoms with Gasteiger partial charge in [0.1, 0.15) is 35.6 Å². The first-order valence-electron chi connectivity index (χ1n) is 13.0. The molecule has 2 amide bonds. The molecule has 214 valence electrons. The van der Waals surface area contributed by atoms with Gasteiger partial charge in [0.05, 0.1) is 35.8 Å². The number of likely N-dealkylation sites (tertiary alicyclic amines) is 1. The molecule has 3 heterocycles. The molecule has 0 spiro atoms. The van der Waals surface area contributed by atoms with E-state index in [1.54, 1.807) is 6.92 Å². The average molecular weight is 564 g/mol. The number of amides is 2. The summed E-state index contributed by atoms with van der Waals surface area (Å²) < 4.78 is 61.5. The van der Waals surface area contributed by atoms with Crippen molar-refractivity contribution in [1.29, 1.82) is 0 Å². The molecule has 1 saturated heterocycles. The maximum absolute atomic E-state index is 14.9. The van der Waals surface area contributed by atoms with Crippen molar-refractivity contribution in [3.8, 4) is 17.0 Å². The van der Waals surface area contributed by atoms with Gasteiger partial charge >= 0.3 is 6.18 Å². The maximum atomic E-state index is 14.9. The van der Waals surface area contributed by atoms with Crippen LogP contribution in [0.5, 0.6) is 5.75 Å². The van der Waals surface area contributed by atoms with Crippen LogP contribution in [0.2, 0.25) is 0 Å². The Kier molecular flexibility index (Phi) is 7.42. The molecule has 2 aromatic heterocycles. The van der Waals surface area contributed by atoms with Gasteiger partial charge in [0.15, 0.2) is 0 Å². The summed E-state index contributed by atoms with van der Waals surface area (Å²) in [5.74, 6) is -0.610. The first-order valence-corrected chi connectivity index (χ1v) is 13.0. The molecule has 5 rings (SSSR count). The maximum Gasteiger partial charge on any atom is 0.416 e. The van der Waals surface area contributed by atoms with E-state index in [1.807, 2.05) is 0 Å². The fourth-order valence-electron chi connectivity index (χ4n) is 4.88. The number of aliphatic hydroxyl groups excluding tert-OH is 1. The summed E-state index contributed by atoms with van der Waals surface area (Å²) in [7, 11) is 0. The van der Waals surface area contributed by atoms with Gasteiger partial charge in [-0.2, -0.15) is 13.2 Å². The van der Waals surface area contributed by atoms with E-state index in [2.05, 4.69) is 20.3 Å². The average Bonchev–Trinajstić information content (AvgIpc) is 3.67. The van der Waals surface area contributed by atoms with Gasteiger partial charge in [-0.1, -0.05) is 0 Å². The minimum absolute atomic E-state index is 0.107. The zero-order valence-electron chi connectivity index (χ0n) is 21.9. The minimum Gasteiger partial charge on any atom is -0.493 e. The van der Waals surface area contributed by atoms with Crippen LogP contribution in [0.1, 0.15) is 47.8 Å². The van der Waals surface area contributed by atoms with E-state index in [1.165, 1.54) is 17.9 Å². The standard InChI is InChI=1S/C27H29F4N5O4/c1-13-21(25(38)35-19-7-8-36(10-18(19)28)26(39)14(2)37)23-24(34-13)22(32-12-33-23)17-9-16(27(29,30)31)5-6-20(17)40-11-15-3-4-15/h5-6,9,12,14-15,18-19,34,37H,3-4,7-8,10-11H2,1-2H3,(H,35,38)/t14-,18-,19-/m0/s1. The monoisotopic (exact) mass is 563 g/mol. The zero-order chi connectivity index (χ0) is 28.8. The zero-order valence-corrected chi connectivity index (χ0v) is 21.9. The lowest BCUT2D eigenvalue weighted by Crippen LogP contribution is -2.55. The molecule has 2 aliphatic rings. The van der Waals surface area contributed by atoms with Gasteiger partial charge < -0.3 is 25.0 Å². The van der Waals surface area contributed by atoms with Crippen LogP contribution in [0.4, 0.5) is 17.6 Å². The highest BCUT2D eigenvalue weighted by molar-refractivity contribution is 6.09. The number of ether oxygens (including phenoxy) is 1. The number of hydrogen-bond donors (Lipinski definition) is 3. The van der Waals surface area contributed by atoms with Crippen LogP contribution in [-0.4, -0.2) is 74.8 Å². The molecule has 13 heteroatoms. The van der Waals surface area contributed by atoms with Crippen LogP contribution in [0.15, 0.2) is 24.5 Å². The molecule has 0 unspecified atom stereocenters. The Morgan fingerprint density at radius 1 is 1.25 bits per heavy atom. The van der Waals surface area contributed by atoms with E-state index < -0.39 is 41.9 Å². The molecule has 40 heavy (non-hydrogen) atoms. The highest BCUT2D eigenvalue weighted by atomic mass is 19.4. The molecule has 3 atom stereocenters. The summed E-state index contributed by atoms with van der Waals surface area (Å²) in [6.07, 6.45) is -4.12. The smallest absolute Gasteiger partial charge is 0.416 e. The van der Waals surface area contributed by atoms with E-state index >= 15 is 0 Å². The van der Waals surface area contributed by atoms with Crippen LogP contribution in [0.3, 0.4) is 0 Å². The summed E-state index contributed by atoms with van der Waals surface area (Å²) in [5.41, 5.74) is 0.272. The number of rotatable bonds is 7. The van der Waals surface area contributed by atoms with Crippen molar-refractivity contribution < 1.29 is 37.0 Å². The quantitative estimate of drug-likeness (QED) is 0.377. The molecule has 3 aromatic rings. The van der Waals surface area contributed by atoms with E-state index in [4.69, 9.17) is 4.74 Å². The van der Waals surface area contributed by atoms with Crippen LogP contribution in [0.25, 0.3) is 22.3 Å². The van der Waals surface area contributed by atoms with Crippen LogP contribution in [-0.2, 0) is 11.0 Å². The largest absolute Gasteiger partial charge is 0.493 e. The number of halogens is 4. The van der Waals surface area contributed by atoms with Gasteiger partial charge in [0, 0.05) is 17.8 Å². The topological polar surface area (TPSA) is 120 Å². The number of piperidine rings is 1. The van der Waals surface area contributed by atoms with E-state index in [0.29, 0.717) is 18.2 Å². The first-order chi connectivity index (χ1) is 18.9. The minimum atomic E-state index is -4.59. The number of benzene rings is 1. The Morgan fingerprint density at radius 2 is 2.00 bits per heavy atom. The van der Waals surface area contributed by atoms with Crippen molar-refractivity contribution in [2.45, 2.75) is 57.6 Å². The third-order valence-electron chi connectivity index (χ3n) is 7.26. The van der Waals surface area contributed by atoms with Gasteiger partial charge in [-0.05, 0) is 57.2 Å². The molecular formula is C27H29F4N5O4. The van der Waals surface area contributed by atoms with Crippen molar-refractivity contribution in [2.75, 3.05) is 19.7 Å². The number of fused-ring (bicyclic) bond motifs is 1. The molecular weight excluding hydrogens is 534 g/mol. The fraction of sp³-hybridized carbons (Fsp3) is 0.481. The van der Waals surface area contributed by atoms with Crippen LogP contribution >= 0.6 is 0 Å². The Morgan fingerprint density at radius 3 is 2.65 bits per heavy atom. The summed E-state index contributed by atoms with van der Waals surface area (Å²) >= 11 is 0. The van der Waals surface area contributed by atoms with Gasteiger partial charge in [-0.25, -0.2) is 14.4 Å². The molecule has 9 nitrogen and oxygen atoms in total. The number of aliphatic hydroxyl groups is 1. The molecule has 1 aromatic carbocycles. The number of hydrogen-bond acceptors (Lipinski definition) is 6. The number of aryl methyl sites for hydroxylation is 1. The van der Waals surface area contributed by atoms with Crippen molar-refractivity contribution in [2.24, 2.45) is 5.92 Å². The van der Waals surface area contributed by atoms with Crippen LogP contribution in [0, 0.1) is 12.8 Å². The Balaban J connectivity index is 1.45. The molecule has 3 N–H and O–H groups in total. The second-order valence-electron chi connectivity index (χ2n) is 10.4. The highest BCUT2D eigenvalue weighted by Gasteiger charge is 2.35. The number of carbonyl (C=O) groups excluding carboxylic acids is 2. The number of aromatic nitrogens is 3. The van der Waals surface area contributed by atoms with Gasteiger partial charge in [0.25, 0.3) is 11.8 Å². The second-order valence-corrected chi connectivity index (χ2v) is 10.4. The second kappa shape index (κ2) is 10.7. The predicted molar refractivity (Wildman–Crippen MR) is 136 cm³/mol. The van der Waals surface area contributed by atoms with E-state index in [9.17, 15) is 32.3 Å². The van der Waals surface area contributed by atoms with Crippen molar-refractivity contribution >= 4 is 22.8 Å². The third kappa shape index (κ3) is 5.60. The fourth-order valence-corrected chi connectivity index (χ4v) is 4.88. The number of alkyl halides is 4. The molecule has 1 aliphatic heterocycles. The Labute approximate surface area is 226 Å². The SMILES string of the molecule is Cc1[nH]c2c(-c3cc(C(F)(F)F)ccc3OCC3CC3)ncnc2c1C(=O)N[C@H]1CCN(C(=O)[C@H](C)O)C[C@@H]1F. The first kappa shape index (κ1) is 27.8. The summed E-state index contributed by atoms with van der Waals surface area (Å²) in [4.78, 5) is 38.0. The normalized spacial score (nSPS) is 20.4. The third-order valence-corrected chi connectivity index (χ3v) is 7.26. The number of carbonyl (C=O) groups is 2. The molecule has 2 fully saturated rings. The van der Waals surface area contributed by atoms with Crippen molar-refractivity contribution in [3.05, 3.63) is 41.3 Å². The number of H-pyrrole nitrogens is 1. The lowest BCUT2D eigenvalue weighted by Gasteiger charge is -2.35. The van der Waals surface area contributed by atoms with E-state index in [0.717, 1.165) is 31.3 Å². The Bertz CT molecular complexity index is 1440. The molecule has 0 radical (unpaired) electrons. The number of nitrogens with zero attached hydrogens (tertiary/aromatic N) is 3. The van der Waals surface area contributed by atoms with Gasteiger partial charge in [0.2, 0.25) is 0 Å². The van der Waals surface area contributed by atoms with Gasteiger partial charge in [-0.15, -0.1) is 0 Å². The van der Waals surface area contributed by atoms with Gasteiger partial charge in [-0.3, -0.25) is 9.59 Å². The Hall–Kier alpha value is -3.74. The lowest BCUT2D eigenvalue weighted by atomic mass is 10.0. The predicted octanol–water partition coefficient (Wildman–Crippen LogP) is 3.79. The summed E-state index contributed by atoms with van der Waals surface area (Å²) in [6.45, 7) is 3.17.